The van der Waals surface area contributed by atoms with Gasteiger partial charge in [0.1, 0.15) is 0 Å². The highest BCUT2D eigenvalue weighted by Crippen LogP contribution is 2.46. The van der Waals surface area contributed by atoms with Crippen LogP contribution in [0.25, 0.3) is 44.3 Å². The quantitative estimate of drug-likeness (QED) is 0.182. The Hall–Kier alpha value is -2.82. The van der Waals surface area contributed by atoms with Gasteiger partial charge in [0.15, 0.2) is 5.65 Å². The van der Waals surface area contributed by atoms with Gasteiger partial charge < -0.3 is 4.74 Å². The van der Waals surface area contributed by atoms with Crippen molar-refractivity contribution in [1.82, 2.24) is 9.55 Å². The second-order valence-corrected chi connectivity index (χ2v) is 9.94. The van der Waals surface area contributed by atoms with E-state index in [9.17, 15) is 18.0 Å². The monoisotopic (exact) mass is 654 g/mol. The van der Waals surface area contributed by atoms with Crippen LogP contribution in [0.5, 0.6) is 0 Å². The minimum atomic E-state index is -4.61. The normalized spacial score (nSPS) is 11.9. The molecule has 10 heteroatoms. The zero-order valence-electron chi connectivity index (χ0n) is 19.0. The molecule has 0 aliphatic carbocycles. The maximum atomic E-state index is 13.7. The van der Waals surface area contributed by atoms with Gasteiger partial charge in [-0.15, -0.1) is 0 Å². The van der Waals surface area contributed by atoms with Crippen LogP contribution in [-0.4, -0.2) is 22.3 Å². The van der Waals surface area contributed by atoms with Crippen LogP contribution in [0.15, 0.2) is 66.7 Å². The fourth-order valence-corrected chi connectivity index (χ4v) is 5.68. The van der Waals surface area contributed by atoms with Gasteiger partial charge in [-0.05, 0) is 47.7 Å². The molecule has 5 aromatic rings. The Morgan fingerprint density at radius 2 is 1.78 bits per heavy atom. The van der Waals surface area contributed by atoms with E-state index in [4.69, 9.17) is 32.9 Å². The number of alkyl halides is 3. The van der Waals surface area contributed by atoms with E-state index in [1.165, 1.54) is 6.07 Å². The van der Waals surface area contributed by atoms with Gasteiger partial charge in [0.05, 0.1) is 33.4 Å². The number of carbonyl (C=O) groups is 1. The molecule has 5 rings (SSSR count). The van der Waals surface area contributed by atoms with Crippen LogP contribution in [-0.2, 0) is 10.9 Å². The Bertz CT molecular complexity index is 1690. The second-order valence-electron chi connectivity index (χ2n) is 8.08. The number of carbonyl (C=O) groups excluding carboxylic acids is 1. The average Bonchev–Trinajstić information content (AvgIpc) is 3.19. The summed E-state index contributed by atoms with van der Waals surface area (Å²) in [5.74, 6) is 0. The lowest BCUT2D eigenvalue weighted by atomic mass is 9.98. The van der Waals surface area contributed by atoms with Crippen molar-refractivity contribution in [2.75, 3.05) is 6.61 Å². The molecule has 4 nitrogen and oxygen atoms in total. The summed E-state index contributed by atoms with van der Waals surface area (Å²) in [6.07, 6.45) is -5.45. The van der Waals surface area contributed by atoms with Gasteiger partial charge in [-0.2, -0.15) is 13.2 Å². The summed E-state index contributed by atoms with van der Waals surface area (Å²) >= 11 is 15.2. The summed E-state index contributed by atoms with van der Waals surface area (Å²) in [4.78, 5) is 18.0. The maximum Gasteiger partial charge on any atom is 0.420 e. The van der Waals surface area contributed by atoms with E-state index in [-0.39, 0.29) is 22.8 Å². The lowest BCUT2D eigenvalue weighted by Gasteiger charge is -2.15. The number of ether oxygens (including phenoxy) is 1. The summed E-state index contributed by atoms with van der Waals surface area (Å²) in [7, 11) is 0. The number of rotatable bonds is 3. The molecular weight excluding hydrogens is 639 g/mol. The lowest BCUT2D eigenvalue weighted by molar-refractivity contribution is -0.137. The highest BCUT2D eigenvalue weighted by atomic mass is 127. The highest BCUT2D eigenvalue weighted by molar-refractivity contribution is 14.1. The van der Waals surface area contributed by atoms with E-state index in [1.54, 1.807) is 25.1 Å². The molecule has 0 aliphatic heterocycles. The maximum absolute atomic E-state index is 13.7. The molecule has 0 unspecified atom stereocenters. The first-order chi connectivity index (χ1) is 17.6. The standard InChI is InChI=1S/C27H16Cl2F3IN2O2/c1-2-37-26(36)35-19-13-15(27(30,31)32)11-12-16(19)21-20(17-9-6-10-18(28)22(17)29)23(33)24(34-25(21)35)14-7-4-3-5-8-14/h3-13H,2H2,1H3. The van der Waals surface area contributed by atoms with E-state index in [2.05, 4.69) is 22.6 Å². The molecular formula is C27H16Cl2F3IN2O2. The molecule has 0 amide bonds. The molecule has 0 fully saturated rings. The Balaban J connectivity index is 2.03. The molecule has 0 spiro atoms. The number of benzene rings is 3. The number of hydrogen-bond donors (Lipinski definition) is 0. The molecule has 0 N–H and O–H groups in total. The molecule has 3 aromatic carbocycles. The van der Waals surface area contributed by atoms with Crippen molar-refractivity contribution < 1.29 is 22.7 Å². The molecule has 37 heavy (non-hydrogen) atoms. The van der Waals surface area contributed by atoms with Crippen LogP contribution in [0.2, 0.25) is 10.0 Å². The summed E-state index contributed by atoms with van der Waals surface area (Å²) < 4.78 is 48.0. The minimum Gasteiger partial charge on any atom is -0.449 e. The van der Waals surface area contributed by atoms with Crippen molar-refractivity contribution in [2.24, 2.45) is 0 Å². The lowest BCUT2D eigenvalue weighted by Crippen LogP contribution is -2.14. The molecule has 0 aliphatic rings. The highest BCUT2D eigenvalue weighted by Gasteiger charge is 2.33. The molecule has 0 saturated carbocycles. The van der Waals surface area contributed by atoms with E-state index in [0.29, 0.717) is 36.2 Å². The zero-order valence-corrected chi connectivity index (χ0v) is 22.7. The molecule has 0 atom stereocenters. The topological polar surface area (TPSA) is 44.1 Å². The van der Waals surface area contributed by atoms with Crippen LogP contribution >= 0.6 is 45.8 Å². The van der Waals surface area contributed by atoms with Gasteiger partial charge in [0.25, 0.3) is 0 Å². The van der Waals surface area contributed by atoms with Crippen LogP contribution in [0.4, 0.5) is 18.0 Å². The predicted octanol–water partition coefficient (Wildman–Crippen LogP) is 9.46. The van der Waals surface area contributed by atoms with Crippen LogP contribution in [0.1, 0.15) is 12.5 Å². The van der Waals surface area contributed by atoms with Crippen LogP contribution < -0.4 is 0 Å². The Morgan fingerprint density at radius 3 is 2.46 bits per heavy atom. The van der Waals surface area contributed by atoms with Gasteiger partial charge >= 0.3 is 12.3 Å². The van der Waals surface area contributed by atoms with Crippen LogP contribution in [0, 0.1) is 3.57 Å². The number of hydrogen-bond acceptors (Lipinski definition) is 3. The first kappa shape index (κ1) is 25.8. The average molecular weight is 655 g/mol. The predicted molar refractivity (Wildman–Crippen MR) is 148 cm³/mol. The van der Waals surface area contributed by atoms with E-state index < -0.39 is 17.8 Å². The first-order valence-corrected chi connectivity index (χ1v) is 12.9. The number of nitrogens with zero attached hydrogens (tertiary/aromatic N) is 2. The molecule has 0 radical (unpaired) electrons. The third kappa shape index (κ3) is 4.45. The first-order valence-electron chi connectivity index (χ1n) is 11.0. The van der Waals surface area contributed by atoms with E-state index in [0.717, 1.165) is 22.3 Å². The number of pyridine rings is 1. The third-order valence-corrected chi connectivity index (χ3v) is 7.75. The second kappa shape index (κ2) is 9.81. The molecule has 0 saturated heterocycles. The third-order valence-electron chi connectivity index (χ3n) is 5.88. The van der Waals surface area contributed by atoms with Crippen molar-refractivity contribution in [3.05, 3.63) is 85.9 Å². The summed E-state index contributed by atoms with van der Waals surface area (Å²) in [5, 5.41) is 1.45. The van der Waals surface area contributed by atoms with Gasteiger partial charge in [-0.3, -0.25) is 0 Å². The van der Waals surface area contributed by atoms with Crippen molar-refractivity contribution in [3.63, 3.8) is 0 Å². The van der Waals surface area contributed by atoms with Gasteiger partial charge in [0, 0.05) is 31.0 Å². The molecule has 2 aromatic heterocycles. The van der Waals surface area contributed by atoms with Crippen LogP contribution in [0.3, 0.4) is 0 Å². The van der Waals surface area contributed by atoms with E-state index in [1.807, 2.05) is 30.3 Å². The summed E-state index contributed by atoms with van der Waals surface area (Å²) in [6, 6.07) is 17.7. The van der Waals surface area contributed by atoms with Crippen molar-refractivity contribution in [2.45, 2.75) is 13.1 Å². The van der Waals surface area contributed by atoms with E-state index >= 15 is 0 Å². The van der Waals surface area contributed by atoms with Gasteiger partial charge in [-0.25, -0.2) is 14.3 Å². The summed E-state index contributed by atoms with van der Waals surface area (Å²) in [6.45, 7) is 1.65. The van der Waals surface area contributed by atoms with Gasteiger partial charge in [-0.1, -0.05) is 71.7 Å². The minimum absolute atomic E-state index is 0.0242. The fourth-order valence-electron chi connectivity index (χ4n) is 4.30. The smallest absolute Gasteiger partial charge is 0.420 e. The van der Waals surface area contributed by atoms with Gasteiger partial charge in [0.2, 0.25) is 0 Å². The number of halogens is 6. The number of aromatic nitrogens is 2. The fraction of sp³-hybridized carbons (Fsp3) is 0.111. The molecule has 2 heterocycles. The molecule has 0 bridgehead atoms. The largest absolute Gasteiger partial charge is 0.449 e. The molecule has 188 valence electrons. The Morgan fingerprint density at radius 1 is 1.05 bits per heavy atom. The Labute approximate surface area is 233 Å². The van der Waals surface area contributed by atoms with Crippen molar-refractivity contribution in [1.29, 1.82) is 0 Å². The zero-order chi connectivity index (χ0) is 26.5. The summed E-state index contributed by atoms with van der Waals surface area (Å²) in [5.41, 5.74) is 1.73. The van der Waals surface area contributed by atoms with Crippen molar-refractivity contribution in [3.8, 4) is 22.4 Å². The van der Waals surface area contributed by atoms with Crippen molar-refractivity contribution >= 4 is 73.8 Å². The Kier molecular flexibility index (Phi) is 6.84. The SMILES string of the molecule is CCOC(=O)n1c2cc(C(F)(F)F)ccc2c2c(-c3cccc(Cl)c3Cl)c(I)c(-c3ccccc3)nc21. The number of fused-ring (bicyclic) bond motifs is 3.